The van der Waals surface area contributed by atoms with E-state index in [1.165, 1.54) is 30.7 Å². The average molecular weight is 543 g/mol. The summed E-state index contributed by atoms with van der Waals surface area (Å²) in [5.74, 6) is 1.90. The summed E-state index contributed by atoms with van der Waals surface area (Å²) in [6.07, 6.45) is -0.526. The molecule has 1 aromatic rings. The molecular formula is C20H29F3IN3OS. The quantitative estimate of drug-likeness (QED) is 0.328. The van der Waals surface area contributed by atoms with Gasteiger partial charge in [0.2, 0.25) is 0 Å². The second-order valence-corrected chi connectivity index (χ2v) is 8.82. The molecule has 9 heteroatoms. The Bertz CT molecular complexity index is 675. The van der Waals surface area contributed by atoms with E-state index in [9.17, 15) is 13.2 Å². The van der Waals surface area contributed by atoms with Crippen LogP contribution in [0.2, 0.25) is 0 Å². The number of benzene rings is 1. The van der Waals surface area contributed by atoms with Crippen molar-refractivity contribution in [3.63, 3.8) is 0 Å². The fourth-order valence-electron chi connectivity index (χ4n) is 3.84. The number of nitrogens with one attached hydrogen (secondary N) is 2. The lowest BCUT2D eigenvalue weighted by atomic mass is 9.73. The van der Waals surface area contributed by atoms with Crippen LogP contribution in [0.3, 0.4) is 0 Å². The third-order valence-corrected chi connectivity index (χ3v) is 6.99. The van der Waals surface area contributed by atoms with Crippen LogP contribution in [0.5, 0.6) is 0 Å². The van der Waals surface area contributed by atoms with Crippen molar-refractivity contribution in [2.24, 2.45) is 4.99 Å². The summed E-state index contributed by atoms with van der Waals surface area (Å²) in [4.78, 5) is 4.29. The zero-order valence-electron chi connectivity index (χ0n) is 16.6. The van der Waals surface area contributed by atoms with Crippen molar-refractivity contribution >= 4 is 41.7 Å². The molecule has 2 fully saturated rings. The normalized spacial score (nSPS) is 22.1. The van der Waals surface area contributed by atoms with Gasteiger partial charge in [0.1, 0.15) is 0 Å². The second kappa shape index (κ2) is 11.1. The molecule has 0 saturated carbocycles. The van der Waals surface area contributed by atoms with Crippen LogP contribution in [-0.2, 0) is 16.3 Å². The maximum absolute atomic E-state index is 13.2. The summed E-state index contributed by atoms with van der Waals surface area (Å²) in [5.41, 5.74) is -0.296. The van der Waals surface area contributed by atoms with Gasteiger partial charge in [-0.2, -0.15) is 24.9 Å². The molecule has 2 N–H and O–H groups in total. The third-order valence-electron chi connectivity index (χ3n) is 5.59. The van der Waals surface area contributed by atoms with E-state index in [-0.39, 0.29) is 24.0 Å². The molecule has 2 aliphatic heterocycles. The van der Waals surface area contributed by atoms with Gasteiger partial charge in [0.05, 0.1) is 5.56 Å². The molecule has 2 aliphatic rings. The molecule has 0 bridgehead atoms. The number of halogens is 4. The number of guanidine groups is 1. The molecule has 2 saturated heterocycles. The Labute approximate surface area is 191 Å². The number of aliphatic imine (C=N–C) groups is 1. The molecule has 1 unspecified atom stereocenters. The Kier molecular flexibility index (Phi) is 9.40. The lowest BCUT2D eigenvalue weighted by Gasteiger charge is -2.38. The fraction of sp³-hybridized carbons (Fsp3) is 0.650. The smallest absolute Gasteiger partial charge is 0.381 e. The summed E-state index contributed by atoms with van der Waals surface area (Å²) in [6.45, 7) is 2.46. The highest BCUT2D eigenvalue weighted by Gasteiger charge is 2.37. The second-order valence-electron chi connectivity index (χ2n) is 7.41. The Hall–Kier alpha value is -0.680. The lowest BCUT2D eigenvalue weighted by molar-refractivity contribution is -0.137. The summed E-state index contributed by atoms with van der Waals surface area (Å²) < 4.78 is 45.1. The maximum Gasteiger partial charge on any atom is 0.416 e. The van der Waals surface area contributed by atoms with Gasteiger partial charge in [0, 0.05) is 44.0 Å². The van der Waals surface area contributed by atoms with Crippen molar-refractivity contribution in [1.82, 2.24) is 10.6 Å². The number of thioether (sulfide) groups is 1. The molecule has 0 aromatic heterocycles. The Balaban J connectivity index is 0.00000300. The summed E-state index contributed by atoms with van der Waals surface area (Å²) in [7, 11) is 1.72. The average Bonchev–Trinajstić information content (AvgIpc) is 3.22. The molecule has 29 heavy (non-hydrogen) atoms. The standard InChI is InChI=1S/C20H28F3N3OS.HI/c1-24-18(25-13-17-6-3-11-28-17)26-14-19(7-9-27-10-8-19)15-4-2-5-16(12-15)20(21,22)23;/h2,4-5,12,17H,3,6-11,13-14H2,1H3,(H2,24,25,26);1H. The number of hydrogen-bond donors (Lipinski definition) is 2. The van der Waals surface area contributed by atoms with Crippen LogP contribution in [0.1, 0.15) is 36.8 Å². The first kappa shape index (κ1) is 24.6. The molecule has 4 nitrogen and oxygen atoms in total. The summed E-state index contributed by atoms with van der Waals surface area (Å²) >= 11 is 1.97. The number of alkyl halides is 3. The van der Waals surface area contributed by atoms with Crippen LogP contribution >= 0.6 is 35.7 Å². The van der Waals surface area contributed by atoms with Gasteiger partial charge in [-0.1, -0.05) is 18.2 Å². The van der Waals surface area contributed by atoms with E-state index in [1.54, 1.807) is 13.1 Å². The van der Waals surface area contributed by atoms with E-state index in [0.717, 1.165) is 12.6 Å². The van der Waals surface area contributed by atoms with E-state index in [4.69, 9.17) is 4.74 Å². The lowest BCUT2D eigenvalue weighted by Crippen LogP contribution is -2.49. The minimum atomic E-state index is -4.34. The minimum Gasteiger partial charge on any atom is -0.381 e. The molecule has 1 aromatic carbocycles. The highest BCUT2D eigenvalue weighted by atomic mass is 127. The van der Waals surface area contributed by atoms with Crippen molar-refractivity contribution < 1.29 is 17.9 Å². The SMILES string of the molecule is CN=C(NCC1CCCS1)NCC1(c2cccc(C(F)(F)F)c2)CCOCC1.I. The van der Waals surface area contributed by atoms with E-state index < -0.39 is 17.2 Å². The number of hydrogen-bond acceptors (Lipinski definition) is 3. The van der Waals surface area contributed by atoms with Gasteiger partial charge < -0.3 is 15.4 Å². The van der Waals surface area contributed by atoms with Crippen LogP contribution in [0.4, 0.5) is 13.2 Å². The molecule has 3 rings (SSSR count). The fourth-order valence-corrected chi connectivity index (χ4v) is 5.05. The molecule has 0 spiro atoms. The largest absolute Gasteiger partial charge is 0.416 e. The molecule has 0 radical (unpaired) electrons. The first-order valence-corrected chi connectivity index (χ1v) is 10.8. The number of rotatable bonds is 5. The van der Waals surface area contributed by atoms with Gasteiger partial charge in [-0.05, 0) is 43.1 Å². The van der Waals surface area contributed by atoms with E-state index in [2.05, 4.69) is 15.6 Å². The van der Waals surface area contributed by atoms with Crippen molar-refractivity contribution in [3.8, 4) is 0 Å². The van der Waals surface area contributed by atoms with Crippen molar-refractivity contribution in [1.29, 1.82) is 0 Å². The van der Waals surface area contributed by atoms with Crippen LogP contribution < -0.4 is 10.6 Å². The van der Waals surface area contributed by atoms with Crippen molar-refractivity contribution in [3.05, 3.63) is 35.4 Å². The first-order valence-electron chi connectivity index (χ1n) is 9.75. The van der Waals surface area contributed by atoms with Crippen LogP contribution in [0.15, 0.2) is 29.3 Å². The number of ether oxygens (including phenoxy) is 1. The molecule has 0 amide bonds. The predicted octanol–water partition coefficient (Wildman–Crippen LogP) is 4.43. The highest BCUT2D eigenvalue weighted by molar-refractivity contribution is 14.0. The van der Waals surface area contributed by atoms with Gasteiger partial charge in [-0.25, -0.2) is 0 Å². The maximum atomic E-state index is 13.2. The zero-order valence-corrected chi connectivity index (χ0v) is 19.7. The molecule has 164 valence electrons. The third kappa shape index (κ3) is 6.65. The molecule has 1 atom stereocenters. The topological polar surface area (TPSA) is 45.7 Å². The summed E-state index contributed by atoms with van der Waals surface area (Å²) in [6, 6.07) is 5.72. The Morgan fingerprint density at radius 1 is 1.28 bits per heavy atom. The summed E-state index contributed by atoms with van der Waals surface area (Å²) in [5, 5.41) is 7.31. The van der Waals surface area contributed by atoms with E-state index in [0.29, 0.717) is 49.4 Å². The van der Waals surface area contributed by atoms with Crippen LogP contribution in [0, 0.1) is 0 Å². The predicted molar refractivity (Wildman–Crippen MR) is 123 cm³/mol. The Morgan fingerprint density at radius 2 is 2.03 bits per heavy atom. The van der Waals surface area contributed by atoms with Crippen LogP contribution in [0.25, 0.3) is 0 Å². The van der Waals surface area contributed by atoms with Gasteiger partial charge in [0.25, 0.3) is 0 Å². The highest BCUT2D eigenvalue weighted by Crippen LogP contribution is 2.37. The Morgan fingerprint density at radius 3 is 2.66 bits per heavy atom. The van der Waals surface area contributed by atoms with Gasteiger partial charge in [-0.15, -0.1) is 24.0 Å². The molecular weight excluding hydrogens is 514 g/mol. The van der Waals surface area contributed by atoms with Gasteiger partial charge in [0.15, 0.2) is 5.96 Å². The number of nitrogens with zero attached hydrogens (tertiary/aromatic N) is 1. The van der Waals surface area contributed by atoms with Crippen molar-refractivity contribution in [2.75, 3.05) is 39.1 Å². The van der Waals surface area contributed by atoms with E-state index >= 15 is 0 Å². The zero-order chi connectivity index (χ0) is 20.0. The first-order chi connectivity index (χ1) is 13.4. The molecule has 2 heterocycles. The molecule has 0 aliphatic carbocycles. The van der Waals surface area contributed by atoms with Gasteiger partial charge in [-0.3, -0.25) is 4.99 Å². The monoisotopic (exact) mass is 543 g/mol. The van der Waals surface area contributed by atoms with Crippen molar-refractivity contribution in [2.45, 2.75) is 42.5 Å². The van der Waals surface area contributed by atoms with Gasteiger partial charge >= 0.3 is 6.18 Å². The van der Waals surface area contributed by atoms with Crippen LogP contribution in [-0.4, -0.2) is 50.3 Å². The van der Waals surface area contributed by atoms with E-state index in [1.807, 2.05) is 11.8 Å². The minimum absolute atomic E-state index is 0.